The van der Waals surface area contributed by atoms with Crippen molar-refractivity contribution >= 4 is 39.1 Å². The number of carboxylic acids is 1. The maximum atomic E-state index is 12.0. The molecule has 0 aliphatic heterocycles. The van der Waals surface area contributed by atoms with E-state index in [2.05, 4.69) is 31.1 Å². The van der Waals surface area contributed by atoms with Gasteiger partial charge >= 0.3 is 5.97 Å². The van der Waals surface area contributed by atoms with Gasteiger partial charge in [-0.3, -0.25) is 4.40 Å². The number of halogens is 2. The van der Waals surface area contributed by atoms with Crippen molar-refractivity contribution in [1.29, 1.82) is 0 Å². The summed E-state index contributed by atoms with van der Waals surface area (Å²) in [5, 5.41) is 18.7. The fourth-order valence-corrected chi connectivity index (χ4v) is 4.23. The van der Waals surface area contributed by atoms with Gasteiger partial charge in [0.05, 0.1) is 12.8 Å². The number of hydrogen-bond donors (Lipinski definition) is 1. The summed E-state index contributed by atoms with van der Waals surface area (Å²) in [7, 11) is 3.37. The van der Waals surface area contributed by atoms with Gasteiger partial charge in [0.2, 0.25) is 5.65 Å². The van der Waals surface area contributed by atoms with Crippen molar-refractivity contribution in [2.24, 2.45) is 7.05 Å². The zero-order chi connectivity index (χ0) is 22.3. The number of carboxylic acid groups (broad SMARTS) is 1. The molecule has 0 radical (unpaired) electrons. The summed E-state index contributed by atoms with van der Waals surface area (Å²) in [4.78, 5) is 16.2. The van der Waals surface area contributed by atoms with Crippen LogP contribution in [0.3, 0.4) is 0 Å². The molecule has 1 atom stereocenters. The van der Waals surface area contributed by atoms with Gasteiger partial charge in [0.25, 0.3) is 0 Å². The van der Waals surface area contributed by atoms with Gasteiger partial charge in [-0.25, -0.2) is 9.78 Å². The fraction of sp³-hybridized carbons (Fsp3) is 0.238. The molecule has 0 amide bonds. The number of imidazole rings is 1. The normalized spacial score (nSPS) is 12.3. The van der Waals surface area contributed by atoms with Crippen molar-refractivity contribution in [2.45, 2.75) is 19.3 Å². The van der Waals surface area contributed by atoms with Crippen molar-refractivity contribution in [3.8, 4) is 5.75 Å². The van der Waals surface area contributed by atoms with E-state index in [9.17, 15) is 9.90 Å². The highest BCUT2D eigenvalue weighted by Gasteiger charge is 2.28. The first-order chi connectivity index (χ1) is 14.8. The van der Waals surface area contributed by atoms with Crippen LogP contribution in [0.5, 0.6) is 5.75 Å². The average molecular weight is 505 g/mol. The topological polar surface area (TPSA) is 94.5 Å². The maximum Gasteiger partial charge on any atom is 0.356 e. The summed E-state index contributed by atoms with van der Waals surface area (Å²) in [6.07, 6.45) is 2.44. The third-order valence-corrected chi connectivity index (χ3v) is 6.21. The summed E-state index contributed by atoms with van der Waals surface area (Å²) >= 11 is 9.46. The Kier molecular flexibility index (Phi) is 5.72. The van der Waals surface area contributed by atoms with Gasteiger partial charge in [0, 0.05) is 24.2 Å². The highest BCUT2D eigenvalue weighted by molar-refractivity contribution is 9.10. The lowest BCUT2D eigenvalue weighted by atomic mass is 9.88. The number of ether oxygens (including phenoxy) is 1. The Bertz CT molecular complexity index is 1280. The molecule has 4 rings (SSSR count). The third kappa shape index (κ3) is 3.90. The van der Waals surface area contributed by atoms with Crippen LogP contribution < -0.4 is 4.74 Å². The van der Waals surface area contributed by atoms with Crippen LogP contribution in [0.1, 0.15) is 39.1 Å². The fourth-order valence-electron chi connectivity index (χ4n) is 3.73. The molecule has 1 aromatic carbocycles. The monoisotopic (exact) mass is 503 g/mol. The van der Waals surface area contributed by atoms with Gasteiger partial charge in [-0.05, 0) is 58.6 Å². The number of fused-ring (bicyclic) bond motifs is 1. The van der Waals surface area contributed by atoms with E-state index in [0.29, 0.717) is 33.3 Å². The van der Waals surface area contributed by atoms with Gasteiger partial charge in [-0.15, -0.1) is 10.2 Å². The van der Waals surface area contributed by atoms with E-state index in [0.717, 1.165) is 17.0 Å². The Hall–Kier alpha value is -2.91. The van der Waals surface area contributed by atoms with Crippen LogP contribution in [0.2, 0.25) is 5.02 Å². The second-order valence-corrected chi connectivity index (χ2v) is 8.29. The lowest BCUT2D eigenvalue weighted by Crippen LogP contribution is -2.15. The number of hydrogen-bond acceptors (Lipinski definition) is 5. The van der Waals surface area contributed by atoms with Crippen LogP contribution in [0.25, 0.3) is 5.65 Å². The molecule has 0 fully saturated rings. The molecule has 0 saturated heterocycles. The van der Waals surface area contributed by atoms with Gasteiger partial charge in [-0.2, -0.15) is 0 Å². The molecule has 10 heteroatoms. The molecular formula is C21H19BrClN5O3. The number of benzene rings is 1. The lowest BCUT2D eigenvalue weighted by Gasteiger charge is -2.20. The number of aryl methyl sites for hydroxylation is 1. The number of nitrogens with zero attached hydrogens (tertiary/aromatic N) is 5. The van der Waals surface area contributed by atoms with Crippen LogP contribution in [0.4, 0.5) is 0 Å². The molecular weight excluding hydrogens is 486 g/mol. The quantitative estimate of drug-likeness (QED) is 0.421. The summed E-state index contributed by atoms with van der Waals surface area (Å²) < 4.78 is 9.58. The molecule has 1 N–H and O–H groups in total. The summed E-state index contributed by atoms with van der Waals surface area (Å²) in [5.41, 5.74) is 3.06. The SMILES string of the molecule is COc1cc(CC(c2ccc(Cl)cc2)c2c(C(=O)O)nc(Br)n2C)cn2c(C)nnc12. The van der Waals surface area contributed by atoms with Gasteiger partial charge in [0.1, 0.15) is 5.82 Å². The summed E-state index contributed by atoms with van der Waals surface area (Å²) in [6.45, 7) is 1.86. The van der Waals surface area contributed by atoms with Crippen molar-refractivity contribution in [2.75, 3.05) is 7.11 Å². The predicted octanol–water partition coefficient (Wildman–Crippen LogP) is 4.27. The Morgan fingerprint density at radius 2 is 2.00 bits per heavy atom. The largest absolute Gasteiger partial charge is 0.493 e. The third-order valence-electron chi connectivity index (χ3n) is 5.25. The smallest absolute Gasteiger partial charge is 0.356 e. The number of aromatic nitrogens is 5. The Morgan fingerprint density at radius 3 is 2.65 bits per heavy atom. The van der Waals surface area contributed by atoms with Gasteiger partial charge < -0.3 is 14.4 Å². The van der Waals surface area contributed by atoms with E-state index in [-0.39, 0.29) is 11.6 Å². The van der Waals surface area contributed by atoms with Gasteiger partial charge in [0.15, 0.2) is 16.2 Å². The number of methoxy groups -OCH3 is 1. The van der Waals surface area contributed by atoms with Crippen molar-refractivity contribution in [1.82, 2.24) is 24.1 Å². The molecule has 0 saturated carbocycles. The van der Waals surface area contributed by atoms with E-state index in [1.54, 1.807) is 30.9 Å². The molecule has 3 heterocycles. The van der Waals surface area contributed by atoms with Crippen molar-refractivity contribution in [3.63, 3.8) is 0 Å². The second kappa shape index (κ2) is 8.32. The lowest BCUT2D eigenvalue weighted by molar-refractivity contribution is 0.0689. The molecule has 3 aromatic heterocycles. The Balaban J connectivity index is 1.89. The molecule has 1 unspecified atom stereocenters. The number of pyridine rings is 1. The summed E-state index contributed by atoms with van der Waals surface area (Å²) in [6, 6.07) is 9.30. The van der Waals surface area contributed by atoms with Crippen LogP contribution in [-0.4, -0.2) is 42.3 Å². The highest BCUT2D eigenvalue weighted by Crippen LogP contribution is 2.34. The molecule has 160 valence electrons. The molecule has 31 heavy (non-hydrogen) atoms. The van der Waals surface area contributed by atoms with Crippen LogP contribution >= 0.6 is 27.5 Å². The van der Waals surface area contributed by atoms with Crippen LogP contribution in [-0.2, 0) is 13.5 Å². The minimum Gasteiger partial charge on any atom is -0.493 e. The minimum absolute atomic E-state index is 0.00264. The van der Waals surface area contributed by atoms with E-state index in [4.69, 9.17) is 16.3 Å². The Morgan fingerprint density at radius 1 is 1.29 bits per heavy atom. The summed E-state index contributed by atoms with van der Waals surface area (Å²) in [5.74, 6) is -0.0608. The molecule has 0 spiro atoms. The predicted molar refractivity (Wildman–Crippen MR) is 119 cm³/mol. The van der Waals surface area contributed by atoms with E-state index >= 15 is 0 Å². The standard InChI is InChI=1S/C21H19BrClN5O3/c1-11-25-26-19-16(31-3)9-12(10-28(11)19)8-15(13-4-6-14(23)7-5-13)18-17(20(29)30)24-21(22)27(18)2/h4-7,9-10,15H,8H2,1-3H3,(H,29,30). The van der Waals surface area contributed by atoms with E-state index in [1.165, 1.54) is 0 Å². The molecule has 0 bridgehead atoms. The second-order valence-electron chi connectivity index (χ2n) is 7.14. The molecule has 8 nitrogen and oxygen atoms in total. The first kappa shape index (κ1) is 21.3. The van der Waals surface area contributed by atoms with Crippen LogP contribution in [0, 0.1) is 6.92 Å². The zero-order valence-electron chi connectivity index (χ0n) is 17.0. The molecule has 4 aromatic rings. The number of aromatic carboxylic acids is 1. The zero-order valence-corrected chi connectivity index (χ0v) is 19.3. The Labute approximate surface area is 191 Å². The minimum atomic E-state index is -1.09. The first-order valence-electron chi connectivity index (χ1n) is 9.39. The van der Waals surface area contributed by atoms with E-state index in [1.807, 2.05) is 35.7 Å². The van der Waals surface area contributed by atoms with Gasteiger partial charge in [-0.1, -0.05) is 23.7 Å². The van der Waals surface area contributed by atoms with Crippen molar-refractivity contribution in [3.05, 3.63) is 74.6 Å². The first-order valence-corrected chi connectivity index (χ1v) is 10.6. The average Bonchev–Trinajstić information content (AvgIpc) is 3.26. The van der Waals surface area contributed by atoms with Crippen molar-refractivity contribution < 1.29 is 14.6 Å². The highest BCUT2D eigenvalue weighted by atomic mass is 79.9. The number of carbonyl (C=O) groups is 1. The van der Waals surface area contributed by atoms with Crippen LogP contribution in [0.15, 0.2) is 41.3 Å². The van der Waals surface area contributed by atoms with E-state index < -0.39 is 5.97 Å². The molecule has 0 aliphatic carbocycles. The maximum absolute atomic E-state index is 12.0. The molecule has 0 aliphatic rings. The number of rotatable bonds is 6.